The molecule has 0 aromatic carbocycles. The van der Waals surface area contributed by atoms with Crippen molar-refractivity contribution in [2.75, 3.05) is 5.73 Å². The van der Waals surface area contributed by atoms with Gasteiger partial charge in [0.05, 0.1) is 0 Å². The average Bonchev–Trinajstić information content (AvgIpc) is 2.71. The molecule has 16 heavy (non-hydrogen) atoms. The number of imidazole rings is 1. The van der Waals surface area contributed by atoms with Crippen LogP contribution in [0, 0.1) is 13.8 Å². The highest BCUT2D eigenvalue weighted by Crippen LogP contribution is 2.17. The Balaban J connectivity index is 2.64. The molecule has 5 heteroatoms. The summed E-state index contributed by atoms with van der Waals surface area (Å²) in [6, 6.07) is 0. The molecule has 84 valence electrons. The maximum atomic E-state index is 5.83. The Kier molecular flexibility index (Phi) is 2.60. The summed E-state index contributed by atoms with van der Waals surface area (Å²) in [7, 11) is 0. The highest BCUT2D eigenvalue weighted by Gasteiger charge is 2.11. The van der Waals surface area contributed by atoms with E-state index in [1.54, 1.807) is 6.20 Å². The summed E-state index contributed by atoms with van der Waals surface area (Å²) in [5.74, 6) is 2.99. The molecule has 0 amide bonds. The molecule has 0 atom stereocenters. The Bertz CT molecular complexity index is 515. The molecule has 0 aliphatic rings. The Labute approximate surface area is 94.4 Å². The molecular weight excluding hydrogens is 202 g/mol. The van der Waals surface area contributed by atoms with E-state index >= 15 is 0 Å². The van der Waals surface area contributed by atoms with Crippen molar-refractivity contribution in [1.82, 2.24) is 19.5 Å². The molecule has 0 aliphatic heterocycles. The summed E-state index contributed by atoms with van der Waals surface area (Å²) in [6.45, 7) is 5.82. The number of nitrogen functional groups attached to an aromatic ring is 1. The lowest BCUT2D eigenvalue weighted by Gasteiger charge is -2.10. The first-order valence-corrected chi connectivity index (χ1v) is 5.26. The number of nitrogens with zero attached hydrogens (tertiary/aromatic N) is 4. The molecule has 0 aliphatic carbocycles. The van der Waals surface area contributed by atoms with E-state index in [1.165, 1.54) is 0 Å². The van der Waals surface area contributed by atoms with Crippen LogP contribution in [-0.4, -0.2) is 19.5 Å². The monoisotopic (exact) mass is 217 g/mol. The summed E-state index contributed by atoms with van der Waals surface area (Å²) in [6.07, 6.45) is 4.52. The Morgan fingerprint density at radius 2 is 2.06 bits per heavy atom. The summed E-state index contributed by atoms with van der Waals surface area (Å²) in [5, 5.41) is 0. The van der Waals surface area contributed by atoms with E-state index < -0.39 is 0 Å². The molecule has 0 fully saturated rings. The van der Waals surface area contributed by atoms with E-state index in [2.05, 4.69) is 21.9 Å². The second-order valence-electron chi connectivity index (χ2n) is 3.67. The van der Waals surface area contributed by atoms with Gasteiger partial charge in [0.15, 0.2) is 0 Å². The Morgan fingerprint density at radius 1 is 1.31 bits per heavy atom. The zero-order chi connectivity index (χ0) is 11.7. The van der Waals surface area contributed by atoms with Crippen LogP contribution in [0.25, 0.3) is 5.82 Å². The predicted octanol–water partition coefficient (Wildman–Crippen LogP) is 1.42. The van der Waals surface area contributed by atoms with Crippen LogP contribution in [-0.2, 0) is 6.42 Å². The van der Waals surface area contributed by atoms with Gasteiger partial charge in [0, 0.05) is 24.4 Å². The summed E-state index contributed by atoms with van der Waals surface area (Å²) in [4.78, 5) is 12.8. The van der Waals surface area contributed by atoms with Gasteiger partial charge in [-0.3, -0.25) is 4.57 Å². The normalized spacial score (nSPS) is 10.7. The first kappa shape index (κ1) is 10.6. The van der Waals surface area contributed by atoms with Crippen molar-refractivity contribution in [2.45, 2.75) is 27.2 Å². The Hall–Kier alpha value is -1.91. The molecule has 0 saturated heterocycles. The molecule has 2 aromatic rings. The summed E-state index contributed by atoms with van der Waals surface area (Å²) >= 11 is 0. The predicted molar refractivity (Wildman–Crippen MR) is 62.4 cm³/mol. The van der Waals surface area contributed by atoms with Crippen LogP contribution >= 0.6 is 0 Å². The number of aromatic nitrogens is 4. The van der Waals surface area contributed by atoms with E-state index in [0.717, 1.165) is 23.6 Å². The molecule has 2 N–H and O–H groups in total. The fraction of sp³-hybridized carbons (Fsp3) is 0.364. The van der Waals surface area contributed by atoms with E-state index in [1.807, 2.05) is 24.6 Å². The third-order valence-corrected chi connectivity index (χ3v) is 2.53. The lowest BCUT2D eigenvalue weighted by Crippen LogP contribution is -2.09. The van der Waals surface area contributed by atoms with Crippen LogP contribution in [0.4, 0.5) is 5.82 Å². The van der Waals surface area contributed by atoms with Crippen molar-refractivity contribution in [3.05, 3.63) is 29.6 Å². The SMILES string of the molecule is CCc1nccn1-c1nc(C)nc(N)c1C. The summed E-state index contributed by atoms with van der Waals surface area (Å²) in [5.41, 5.74) is 6.72. The first-order chi connectivity index (χ1) is 7.63. The zero-order valence-corrected chi connectivity index (χ0v) is 9.73. The second-order valence-corrected chi connectivity index (χ2v) is 3.67. The van der Waals surface area contributed by atoms with Crippen LogP contribution in [0.3, 0.4) is 0 Å². The van der Waals surface area contributed by atoms with Gasteiger partial charge in [0.25, 0.3) is 0 Å². The van der Waals surface area contributed by atoms with Gasteiger partial charge in [-0.2, -0.15) is 0 Å². The lowest BCUT2D eigenvalue weighted by atomic mass is 10.3. The maximum absolute atomic E-state index is 5.83. The molecule has 0 unspecified atom stereocenters. The van der Waals surface area contributed by atoms with Gasteiger partial charge in [-0.05, 0) is 13.8 Å². The van der Waals surface area contributed by atoms with Gasteiger partial charge < -0.3 is 5.73 Å². The first-order valence-electron chi connectivity index (χ1n) is 5.26. The van der Waals surface area contributed by atoms with Gasteiger partial charge in [-0.1, -0.05) is 6.92 Å². The number of hydrogen-bond acceptors (Lipinski definition) is 4. The number of anilines is 1. The van der Waals surface area contributed by atoms with Crippen molar-refractivity contribution >= 4 is 5.82 Å². The van der Waals surface area contributed by atoms with E-state index in [-0.39, 0.29) is 0 Å². The van der Waals surface area contributed by atoms with Crippen LogP contribution in [0.2, 0.25) is 0 Å². The number of rotatable bonds is 2. The largest absolute Gasteiger partial charge is 0.383 e. The van der Waals surface area contributed by atoms with Crippen molar-refractivity contribution in [1.29, 1.82) is 0 Å². The smallest absolute Gasteiger partial charge is 0.146 e. The molecule has 0 saturated carbocycles. The van der Waals surface area contributed by atoms with Gasteiger partial charge in [-0.15, -0.1) is 0 Å². The third-order valence-electron chi connectivity index (χ3n) is 2.53. The standard InChI is InChI=1S/C11H15N5/c1-4-9-13-5-6-16(9)11-7(2)10(12)14-8(3)15-11/h5-6H,4H2,1-3H3,(H2,12,14,15). The molecule has 0 spiro atoms. The molecule has 2 heterocycles. The average molecular weight is 217 g/mol. The molecular formula is C11H15N5. The van der Waals surface area contributed by atoms with E-state index in [9.17, 15) is 0 Å². The van der Waals surface area contributed by atoms with E-state index in [0.29, 0.717) is 11.6 Å². The molecule has 0 bridgehead atoms. The van der Waals surface area contributed by atoms with Gasteiger partial charge in [0.1, 0.15) is 23.3 Å². The van der Waals surface area contributed by atoms with Gasteiger partial charge in [-0.25, -0.2) is 15.0 Å². The van der Waals surface area contributed by atoms with Crippen molar-refractivity contribution < 1.29 is 0 Å². The Morgan fingerprint density at radius 3 is 2.75 bits per heavy atom. The van der Waals surface area contributed by atoms with Crippen LogP contribution < -0.4 is 5.73 Å². The fourth-order valence-corrected chi connectivity index (χ4v) is 1.66. The molecule has 2 rings (SSSR count). The van der Waals surface area contributed by atoms with E-state index in [4.69, 9.17) is 5.73 Å². The van der Waals surface area contributed by atoms with Crippen molar-refractivity contribution in [3.63, 3.8) is 0 Å². The van der Waals surface area contributed by atoms with Crippen LogP contribution in [0.5, 0.6) is 0 Å². The highest BCUT2D eigenvalue weighted by molar-refractivity contribution is 5.48. The second kappa shape index (κ2) is 3.92. The maximum Gasteiger partial charge on any atom is 0.146 e. The molecule has 0 radical (unpaired) electrons. The quantitative estimate of drug-likeness (QED) is 0.826. The van der Waals surface area contributed by atoms with Crippen LogP contribution in [0.1, 0.15) is 24.1 Å². The number of aryl methyl sites for hydroxylation is 2. The summed E-state index contributed by atoms with van der Waals surface area (Å²) < 4.78 is 1.96. The number of hydrogen-bond donors (Lipinski definition) is 1. The highest BCUT2D eigenvalue weighted by atomic mass is 15.1. The van der Waals surface area contributed by atoms with Crippen molar-refractivity contribution in [3.8, 4) is 5.82 Å². The van der Waals surface area contributed by atoms with Gasteiger partial charge >= 0.3 is 0 Å². The number of nitrogens with two attached hydrogens (primary N) is 1. The minimum Gasteiger partial charge on any atom is -0.383 e. The topological polar surface area (TPSA) is 69.6 Å². The minimum atomic E-state index is 0.526. The minimum absolute atomic E-state index is 0.526. The van der Waals surface area contributed by atoms with Crippen molar-refractivity contribution in [2.24, 2.45) is 0 Å². The third kappa shape index (κ3) is 1.64. The van der Waals surface area contributed by atoms with Gasteiger partial charge in [0.2, 0.25) is 0 Å². The lowest BCUT2D eigenvalue weighted by molar-refractivity contribution is 0.844. The molecule has 2 aromatic heterocycles. The van der Waals surface area contributed by atoms with Crippen LogP contribution in [0.15, 0.2) is 12.4 Å². The zero-order valence-electron chi connectivity index (χ0n) is 9.73. The molecule has 5 nitrogen and oxygen atoms in total. The fourth-order valence-electron chi connectivity index (χ4n) is 1.66.